The quantitative estimate of drug-likeness (QED) is 0.873. The summed E-state index contributed by atoms with van der Waals surface area (Å²) < 4.78 is 0. The molecule has 0 amide bonds. The average molecular weight is 260 g/mol. The van der Waals surface area contributed by atoms with Crippen LogP contribution in [-0.2, 0) is 12.8 Å². The molecule has 1 nitrogen and oxygen atoms in total. The van der Waals surface area contributed by atoms with Gasteiger partial charge in [0.05, 0.1) is 6.10 Å². The van der Waals surface area contributed by atoms with E-state index in [1.54, 1.807) is 11.3 Å². The zero-order valence-electron chi connectivity index (χ0n) is 11.2. The van der Waals surface area contributed by atoms with Crippen LogP contribution in [-0.4, -0.2) is 5.11 Å². The molecule has 0 aliphatic carbocycles. The van der Waals surface area contributed by atoms with Crippen LogP contribution < -0.4 is 0 Å². The molecular formula is C16H20OS. The highest BCUT2D eigenvalue weighted by Crippen LogP contribution is 2.28. The van der Waals surface area contributed by atoms with Gasteiger partial charge in [-0.05, 0) is 54.0 Å². The lowest BCUT2D eigenvalue weighted by Crippen LogP contribution is -2.02. The number of hydrogen-bond donors (Lipinski definition) is 1. The Bertz CT molecular complexity index is 528. The maximum atomic E-state index is 10.3. The highest BCUT2D eigenvalue weighted by Gasteiger charge is 2.14. The average Bonchev–Trinajstić information content (AvgIpc) is 2.82. The summed E-state index contributed by atoms with van der Waals surface area (Å²) in [4.78, 5) is 1.12. The van der Waals surface area contributed by atoms with Gasteiger partial charge in [0.25, 0.3) is 0 Å². The van der Waals surface area contributed by atoms with Gasteiger partial charge in [-0.3, -0.25) is 0 Å². The van der Waals surface area contributed by atoms with Crippen molar-refractivity contribution in [3.63, 3.8) is 0 Å². The summed E-state index contributed by atoms with van der Waals surface area (Å²) in [5, 5.41) is 12.4. The molecule has 2 rings (SSSR count). The minimum Gasteiger partial charge on any atom is -0.387 e. The van der Waals surface area contributed by atoms with Crippen LogP contribution in [0.3, 0.4) is 0 Å². The standard InChI is InChI=1S/C16H20OS/c1-4-14-7-8-18-16(14)15(17)10-13-6-5-11(2)12(3)9-13/h5-9,15,17H,4,10H2,1-3H3. The van der Waals surface area contributed by atoms with E-state index in [-0.39, 0.29) is 6.10 Å². The summed E-state index contributed by atoms with van der Waals surface area (Å²) in [5.74, 6) is 0. The molecule has 1 unspecified atom stereocenters. The van der Waals surface area contributed by atoms with E-state index in [2.05, 4.69) is 50.4 Å². The molecule has 96 valence electrons. The van der Waals surface area contributed by atoms with Gasteiger partial charge in [0.1, 0.15) is 0 Å². The van der Waals surface area contributed by atoms with Crippen molar-refractivity contribution in [2.45, 2.75) is 39.7 Å². The van der Waals surface area contributed by atoms with Crippen molar-refractivity contribution < 1.29 is 5.11 Å². The first kappa shape index (κ1) is 13.3. The number of rotatable bonds is 4. The van der Waals surface area contributed by atoms with Crippen LogP contribution in [0.25, 0.3) is 0 Å². The number of benzene rings is 1. The molecule has 2 aromatic rings. The molecule has 0 saturated heterocycles. The largest absolute Gasteiger partial charge is 0.387 e. The smallest absolute Gasteiger partial charge is 0.0924 e. The third kappa shape index (κ3) is 2.82. The van der Waals surface area contributed by atoms with Gasteiger partial charge in [0.15, 0.2) is 0 Å². The molecule has 0 fully saturated rings. The van der Waals surface area contributed by atoms with Crippen molar-refractivity contribution in [1.82, 2.24) is 0 Å². The molecule has 0 radical (unpaired) electrons. The van der Waals surface area contributed by atoms with Crippen molar-refractivity contribution >= 4 is 11.3 Å². The van der Waals surface area contributed by atoms with Crippen LogP contribution in [0, 0.1) is 13.8 Å². The Labute approximate surface area is 113 Å². The molecule has 1 aromatic heterocycles. The van der Waals surface area contributed by atoms with Crippen molar-refractivity contribution in [3.05, 3.63) is 56.8 Å². The predicted molar refractivity (Wildman–Crippen MR) is 78.3 cm³/mol. The third-order valence-corrected chi connectivity index (χ3v) is 4.53. The van der Waals surface area contributed by atoms with Gasteiger partial charge in [-0.2, -0.15) is 0 Å². The summed E-state index contributed by atoms with van der Waals surface area (Å²) in [6.07, 6.45) is 1.32. The van der Waals surface area contributed by atoms with Crippen molar-refractivity contribution in [2.75, 3.05) is 0 Å². The van der Waals surface area contributed by atoms with Crippen LogP contribution in [0.4, 0.5) is 0 Å². The number of thiophene rings is 1. The molecular weight excluding hydrogens is 240 g/mol. The number of aryl methyl sites for hydroxylation is 3. The fourth-order valence-corrected chi connectivity index (χ4v) is 3.16. The number of aliphatic hydroxyl groups excluding tert-OH is 1. The van der Waals surface area contributed by atoms with Crippen LogP contribution in [0.1, 0.15) is 40.2 Å². The van der Waals surface area contributed by atoms with Gasteiger partial charge >= 0.3 is 0 Å². The minimum atomic E-state index is -0.373. The Balaban J connectivity index is 2.16. The Kier molecular flexibility index (Phi) is 4.20. The highest BCUT2D eigenvalue weighted by molar-refractivity contribution is 7.10. The van der Waals surface area contributed by atoms with Gasteiger partial charge in [0, 0.05) is 11.3 Å². The van der Waals surface area contributed by atoms with Crippen molar-refractivity contribution in [2.24, 2.45) is 0 Å². The Morgan fingerprint density at radius 2 is 1.94 bits per heavy atom. The van der Waals surface area contributed by atoms with Crippen LogP contribution in [0.2, 0.25) is 0 Å². The zero-order valence-corrected chi connectivity index (χ0v) is 12.1. The summed E-state index contributed by atoms with van der Waals surface area (Å²) in [6.45, 7) is 6.37. The fourth-order valence-electron chi connectivity index (χ4n) is 2.18. The molecule has 0 bridgehead atoms. The van der Waals surface area contributed by atoms with E-state index >= 15 is 0 Å². The molecule has 1 heterocycles. The van der Waals surface area contributed by atoms with E-state index in [1.807, 2.05) is 0 Å². The maximum Gasteiger partial charge on any atom is 0.0924 e. The molecule has 1 aromatic carbocycles. The normalized spacial score (nSPS) is 12.7. The van der Waals surface area contributed by atoms with Gasteiger partial charge in [-0.25, -0.2) is 0 Å². The summed E-state index contributed by atoms with van der Waals surface area (Å²) in [5.41, 5.74) is 5.08. The Morgan fingerprint density at radius 3 is 2.61 bits per heavy atom. The first-order valence-electron chi connectivity index (χ1n) is 6.42. The lowest BCUT2D eigenvalue weighted by Gasteiger charge is -2.12. The van der Waals surface area contributed by atoms with E-state index in [0.717, 1.165) is 11.3 Å². The molecule has 1 atom stereocenters. The van der Waals surface area contributed by atoms with E-state index in [9.17, 15) is 5.11 Å². The predicted octanol–water partition coefficient (Wildman–Crippen LogP) is 4.20. The monoisotopic (exact) mass is 260 g/mol. The Morgan fingerprint density at radius 1 is 1.17 bits per heavy atom. The maximum absolute atomic E-state index is 10.3. The Hall–Kier alpha value is -1.12. The lowest BCUT2D eigenvalue weighted by molar-refractivity contribution is 0.181. The summed E-state index contributed by atoms with van der Waals surface area (Å²) in [7, 11) is 0. The number of hydrogen-bond acceptors (Lipinski definition) is 2. The van der Waals surface area contributed by atoms with Gasteiger partial charge in [0.2, 0.25) is 0 Å². The van der Waals surface area contributed by atoms with Crippen molar-refractivity contribution in [1.29, 1.82) is 0 Å². The minimum absolute atomic E-state index is 0.373. The lowest BCUT2D eigenvalue weighted by atomic mass is 10.00. The number of aliphatic hydroxyl groups is 1. The van der Waals surface area contributed by atoms with Gasteiger partial charge in [-0.1, -0.05) is 25.1 Å². The van der Waals surface area contributed by atoms with E-state index in [1.165, 1.54) is 22.3 Å². The van der Waals surface area contributed by atoms with E-state index in [0.29, 0.717) is 6.42 Å². The summed E-state index contributed by atoms with van der Waals surface area (Å²) in [6, 6.07) is 8.54. The second kappa shape index (κ2) is 5.68. The molecule has 0 aliphatic rings. The van der Waals surface area contributed by atoms with E-state index < -0.39 is 0 Å². The molecule has 18 heavy (non-hydrogen) atoms. The zero-order chi connectivity index (χ0) is 13.1. The van der Waals surface area contributed by atoms with Gasteiger partial charge < -0.3 is 5.11 Å². The second-order valence-corrected chi connectivity index (χ2v) is 5.75. The molecule has 0 aliphatic heterocycles. The van der Waals surface area contributed by atoms with E-state index in [4.69, 9.17) is 0 Å². The second-order valence-electron chi connectivity index (χ2n) is 4.80. The van der Waals surface area contributed by atoms with Crippen LogP contribution in [0.15, 0.2) is 29.6 Å². The molecule has 1 N–H and O–H groups in total. The first-order chi connectivity index (χ1) is 8.61. The highest BCUT2D eigenvalue weighted by atomic mass is 32.1. The van der Waals surface area contributed by atoms with Crippen molar-refractivity contribution in [3.8, 4) is 0 Å². The van der Waals surface area contributed by atoms with Crippen LogP contribution in [0.5, 0.6) is 0 Å². The van der Waals surface area contributed by atoms with Gasteiger partial charge in [-0.15, -0.1) is 11.3 Å². The first-order valence-corrected chi connectivity index (χ1v) is 7.30. The molecule has 0 spiro atoms. The molecule has 2 heteroatoms. The third-order valence-electron chi connectivity index (χ3n) is 3.46. The van der Waals surface area contributed by atoms with Crippen LogP contribution >= 0.6 is 11.3 Å². The summed E-state index contributed by atoms with van der Waals surface area (Å²) >= 11 is 1.66. The molecule has 0 saturated carbocycles. The topological polar surface area (TPSA) is 20.2 Å². The fraction of sp³-hybridized carbons (Fsp3) is 0.375. The SMILES string of the molecule is CCc1ccsc1C(O)Cc1ccc(C)c(C)c1.